The van der Waals surface area contributed by atoms with E-state index in [2.05, 4.69) is 4.98 Å². The Morgan fingerprint density at radius 2 is 2.03 bits per heavy atom. The summed E-state index contributed by atoms with van der Waals surface area (Å²) in [5.74, 6) is -1.13. The number of halogens is 1. The van der Waals surface area contributed by atoms with Crippen molar-refractivity contribution in [2.75, 3.05) is 6.61 Å². The molecular weight excluding hydrogens is 407 g/mol. The van der Waals surface area contributed by atoms with Gasteiger partial charge in [-0.2, -0.15) is 0 Å². The van der Waals surface area contributed by atoms with E-state index in [1.54, 1.807) is 13.8 Å². The number of aromatic nitrogens is 2. The number of carbonyl (C=O) groups is 2. The van der Waals surface area contributed by atoms with Crippen molar-refractivity contribution in [1.82, 2.24) is 9.55 Å². The molecule has 1 atom stereocenters. The van der Waals surface area contributed by atoms with Crippen LogP contribution in [0.15, 0.2) is 29.1 Å². The molecule has 4 rings (SSSR count). The van der Waals surface area contributed by atoms with Crippen molar-refractivity contribution in [3.05, 3.63) is 62.3 Å². The lowest BCUT2D eigenvalue weighted by atomic mass is 9.86. The lowest BCUT2D eigenvalue weighted by Gasteiger charge is -2.21. The number of carbonyl (C=O) groups excluding carboxylic acids is 2. The topological polar surface area (TPSA) is 78.3 Å². The predicted octanol–water partition coefficient (Wildman–Crippen LogP) is 3.77. The summed E-state index contributed by atoms with van der Waals surface area (Å²) in [7, 11) is 0. The van der Waals surface area contributed by atoms with Crippen LogP contribution < -0.4 is 5.56 Å². The van der Waals surface area contributed by atoms with Crippen LogP contribution in [-0.2, 0) is 22.5 Å². The predicted molar refractivity (Wildman–Crippen MR) is 112 cm³/mol. The summed E-state index contributed by atoms with van der Waals surface area (Å²) in [6, 6.07) is 5.22. The average Bonchev–Trinajstić information content (AvgIpc) is 3.09. The third kappa shape index (κ3) is 3.56. The van der Waals surface area contributed by atoms with Gasteiger partial charge in [-0.3, -0.25) is 19.0 Å². The van der Waals surface area contributed by atoms with Gasteiger partial charge in [-0.15, -0.1) is 11.3 Å². The molecule has 1 aliphatic rings. The third-order valence-corrected chi connectivity index (χ3v) is 6.56. The number of fused-ring (bicyclic) bond motifs is 3. The van der Waals surface area contributed by atoms with E-state index >= 15 is 0 Å². The standard InChI is InChI=1S/C22H21FN2O4S/c1-3-29-22(28)15-5-4-6-17-18(15)19-20(30-17)24-12(2)25(21(19)27)11-16(26)13-7-9-14(23)10-8-13/h7-10,15H,3-6,11H2,1-2H3. The largest absolute Gasteiger partial charge is 0.466 e. The fourth-order valence-electron chi connectivity index (χ4n) is 3.95. The molecular formula is C22H21FN2O4S. The molecule has 6 nitrogen and oxygen atoms in total. The zero-order valence-corrected chi connectivity index (χ0v) is 17.6. The Morgan fingerprint density at radius 3 is 2.73 bits per heavy atom. The summed E-state index contributed by atoms with van der Waals surface area (Å²) in [4.78, 5) is 44.7. The summed E-state index contributed by atoms with van der Waals surface area (Å²) < 4.78 is 19.7. The van der Waals surface area contributed by atoms with Crippen molar-refractivity contribution >= 4 is 33.3 Å². The van der Waals surface area contributed by atoms with Gasteiger partial charge in [0.05, 0.1) is 24.5 Å². The number of ketones is 1. The van der Waals surface area contributed by atoms with Crippen LogP contribution in [0.1, 0.15) is 52.3 Å². The van der Waals surface area contributed by atoms with Crippen LogP contribution in [0.25, 0.3) is 10.2 Å². The van der Waals surface area contributed by atoms with Crippen molar-refractivity contribution in [1.29, 1.82) is 0 Å². The molecule has 0 saturated carbocycles. The third-order valence-electron chi connectivity index (χ3n) is 5.40. The van der Waals surface area contributed by atoms with E-state index < -0.39 is 11.7 Å². The van der Waals surface area contributed by atoms with Crippen LogP contribution in [0.4, 0.5) is 4.39 Å². The molecule has 3 aromatic rings. The maximum atomic E-state index is 13.4. The Kier molecular flexibility index (Phi) is 5.51. The Labute approximate surface area is 176 Å². The number of rotatable bonds is 5. The molecule has 0 fully saturated rings. The van der Waals surface area contributed by atoms with Gasteiger partial charge in [-0.05, 0) is 62.9 Å². The van der Waals surface area contributed by atoms with Crippen molar-refractivity contribution in [2.45, 2.75) is 45.6 Å². The summed E-state index contributed by atoms with van der Waals surface area (Å²) in [5, 5.41) is 0.408. The number of hydrogen-bond acceptors (Lipinski definition) is 6. The number of hydrogen-bond donors (Lipinski definition) is 0. The highest BCUT2D eigenvalue weighted by Crippen LogP contribution is 2.41. The number of esters is 1. The Bertz CT molecular complexity index is 1200. The molecule has 1 aliphatic carbocycles. The number of Topliss-reactive ketones (excluding diaryl/α,β-unsaturated/α-hetero) is 1. The molecule has 0 radical (unpaired) electrons. The lowest BCUT2D eigenvalue weighted by Crippen LogP contribution is -2.29. The number of thiophene rings is 1. The zero-order chi connectivity index (χ0) is 21.4. The molecule has 2 heterocycles. The lowest BCUT2D eigenvalue weighted by molar-refractivity contribution is -0.145. The first-order valence-electron chi connectivity index (χ1n) is 9.88. The van der Waals surface area contributed by atoms with Gasteiger partial charge in [0.1, 0.15) is 16.5 Å². The minimum absolute atomic E-state index is 0.200. The van der Waals surface area contributed by atoms with E-state index in [9.17, 15) is 18.8 Å². The molecule has 0 N–H and O–H groups in total. The van der Waals surface area contributed by atoms with Crippen molar-refractivity contribution in [3.63, 3.8) is 0 Å². The van der Waals surface area contributed by atoms with Gasteiger partial charge in [0.25, 0.3) is 5.56 Å². The van der Waals surface area contributed by atoms with E-state index in [1.165, 1.54) is 40.2 Å². The first kappa shape index (κ1) is 20.4. The van der Waals surface area contributed by atoms with E-state index in [0.29, 0.717) is 33.6 Å². The molecule has 156 valence electrons. The molecule has 8 heteroatoms. The minimum Gasteiger partial charge on any atom is -0.466 e. The van der Waals surface area contributed by atoms with Gasteiger partial charge < -0.3 is 4.74 Å². The molecule has 1 unspecified atom stereocenters. The molecule has 2 aromatic heterocycles. The monoisotopic (exact) mass is 428 g/mol. The van der Waals surface area contributed by atoms with Gasteiger partial charge in [0, 0.05) is 10.4 Å². The quantitative estimate of drug-likeness (QED) is 0.457. The van der Waals surface area contributed by atoms with Crippen LogP contribution in [0.3, 0.4) is 0 Å². The first-order valence-corrected chi connectivity index (χ1v) is 10.7. The van der Waals surface area contributed by atoms with Gasteiger partial charge in [0.2, 0.25) is 0 Å². The molecule has 0 spiro atoms. The molecule has 0 saturated heterocycles. The van der Waals surface area contributed by atoms with E-state index in [-0.39, 0.29) is 30.5 Å². The van der Waals surface area contributed by atoms with Gasteiger partial charge in [0.15, 0.2) is 5.78 Å². The maximum Gasteiger partial charge on any atom is 0.313 e. The summed E-state index contributed by atoms with van der Waals surface area (Å²) in [5.41, 5.74) is 0.696. The molecule has 0 amide bonds. The zero-order valence-electron chi connectivity index (χ0n) is 16.7. The van der Waals surface area contributed by atoms with Gasteiger partial charge in [-0.25, -0.2) is 9.37 Å². The van der Waals surface area contributed by atoms with Crippen molar-refractivity contribution in [2.24, 2.45) is 0 Å². The second-order valence-corrected chi connectivity index (χ2v) is 8.38. The van der Waals surface area contributed by atoms with Crippen LogP contribution >= 0.6 is 11.3 Å². The number of benzene rings is 1. The van der Waals surface area contributed by atoms with E-state index in [0.717, 1.165) is 17.7 Å². The summed E-state index contributed by atoms with van der Waals surface area (Å²) >= 11 is 1.43. The minimum atomic E-state index is -0.485. The van der Waals surface area contributed by atoms with E-state index in [4.69, 9.17) is 4.74 Å². The van der Waals surface area contributed by atoms with Crippen LogP contribution in [0.5, 0.6) is 0 Å². The second kappa shape index (κ2) is 8.10. The Balaban J connectivity index is 1.80. The highest BCUT2D eigenvalue weighted by Gasteiger charge is 2.33. The van der Waals surface area contributed by atoms with Crippen LogP contribution in [0.2, 0.25) is 0 Å². The Hall–Kier alpha value is -2.87. The number of nitrogens with zero attached hydrogens (tertiary/aromatic N) is 2. The maximum absolute atomic E-state index is 13.4. The number of aryl methyl sites for hydroxylation is 2. The van der Waals surface area contributed by atoms with Crippen LogP contribution in [-0.4, -0.2) is 27.9 Å². The SMILES string of the molecule is CCOC(=O)C1CCCc2sc3nc(C)n(CC(=O)c4ccc(F)cc4)c(=O)c3c21. The normalized spacial score (nSPS) is 15.8. The van der Waals surface area contributed by atoms with Crippen LogP contribution in [0, 0.1) is 12.7 Å². The molecule has 30 heavy (non-hydrogen) atoms. The van der Waals surface area contributed by atoms with E-state index in [1.807, 2.05) is 0 Å². The fourth-order valence-corrected chi connectivity index (χ4v) is 5.26. The highest BCUT2D eigenvalue weighted by molar-refractivity contribution is 7.18. The smallest absolute Gasteiger partial charge is 0.313 e. The first-order chi connectivity index (χ1) is 14.4. The van der Waals surface area contributed by atoms with Crippen molar-refractivity contribution < 1.29 is 18.7 Å². The number of ether oxygens (including phenoxy) is 1. The molecule has 0 aliphatic heterocycles. The summed E-state index contributed by atoms with van der Waals surface area (Å²) in [6.07, 6.45) is 2.26. The average molecular weight is 428 g/mol. The van der Waals surface area contributed by atoms with Crippen molar-refractivity contribution in [3.8, 4) is 0 Å². The van der Waals surface area contributed by atoms with Gasteiger partial charge >= 0.3 is 5.97 Å². The highest BCUT2D eigenvalue weighted by atomic mass is 32.1. The second-order valence-electron chi connectivity index (χ2n) is 7.30. The fraction of sp³-hybridized carbons (Fsp3) is 0.364. The molecule has 1 aromatic carbocycles. The molecule has 0 bridgehead atoms. The Morgan fingerprint density at radius 1 is 1.30 bits per heavy atom. The van der Waals surface area contributed by atoms with Gasteiger partial charge in [-0.1, -0.05) is 0 Å². The summed E-state index contributed by atoms with van der Waals surface area (Å²) in [6.45, 7) is 3.51.